The van der Waals surface area contributed by atoms with Crippen LogP contribution < -0.4 is 5.73 Å². The topological polar surface area (TPSA) is 49.5 Å². The van der Waals surface area contributed by atoms with Crippen LogP contribution in [0, 0.1) is 5.41 Å². The normalized spacial score (nSPS) is 29.1. The fraction of sp³-hybridized carbons (Fsp3) is 1.00. The van der Waals surface area contributed by atoms with Gasteiger partial charge in [-0.05, 0) is 24.8 Å². The van der Waals surface area contributed by atoms with E-state index in [1.54, 1.807) is 0 Å². The monoisotopic (exact) mass is 184 g/mol. The van der Waals surface area contributed by atoms with E-state index in [9.17, 15) is 5.11 Å². The maximum absolute atomic E-state index is 9.18. The zero-order valence-corrected chi connectivity index (χ0v) is 8.21. The number of hydrogen-bond donors (Lipinski definition) is 2. The molecule has 0 bridgehead atoms. The molecule has 1 saturated heterocycles. The number of hydrogen-bond acceptors (Lipinski definition) is 3. The second kappa shape index (κ2) is 3.56. The predicted molar refractivity (Wildman–Crippen MR) is 52.4 cm³/mol. The van der Waals surface area contributed by atoms with Gasteiger partial charge in [-0.15, -0.1) is 0 Å². The Labute approximate surface area is 79.9 Å². The lowest BCUT2D eigenvalue weighted by Gasteiger charge is -2.42. The molecule has 3 nitrogen and oxygen atoms in total. The Bertz CT molecular complexity index is 172. The second-order valence-corrected chi connectivity index (χ2v) is 4.76. The van der Waals surface area contributed by atoms with Gasteiger partial charge in [0.2, 0.25) is 0 Å². The van der Waals surface area contributed by atoms with Crippen molar-refractivity contribution in [3.05, 3.63) is 0 Å². The van der Waals surface area contributed by atoms with Gasteiger partial charge in [0, 0.05) is 19.6 Å². The van der Waals surface area contributed by atoms with Crippen LogP contribution in [0.5, 0.6) is 0 Å². The Balaban J connectivity index is 1.83. The van der Waals surface area contributed by atoms with Crippen molar-refractivity contribution in [3.8, 4) is 0 Å². The first-order valence-corrected chi connectivity index (χ1v) is 5.35. The van der Waals surface area contributed by atoms with Gasteiger partial charge in [0.1, 0.15) is 0 Å². The van der Waals surface area contributed by atoms with Crippen LogP contribution in [0.25, 0.3) is 0 Å². The molecule has 0 amide bonds. The zero-order valence-electron chi connectivity index (χ0n) is 8.21. The third-order valence-corrected chi connectivity index (χ3v) is 3.59. The highest BCUT2D eigenvalue weighted by atomic mass is 16.3. The molecular formula is C10H20N2O. The van der Waals surface area contributed by atoms with Crippen molar-refractivity contribution in [1.82, 2.24) is 4.90 Å². The van der Waals surface area contributed by atoms with Gasteiger partial charge in [0.15, 0.2) is 0 Å². The number of likely N-dealkylation sites (tertiary alicyclic amines) is 1. The summed E-state index contributed by atoms with van der Waals surface area (Å²) in [5.41, 5.74) is 6.23. The minimum Gasteiger partial charge on any atom is -0.390 e. The maximum atomic E-state index is 9.18. The summed E-state index contributed by atoms with van der Waals surface area (Å²) in [6.45, 7) is 3.66. The molecule has 0 aromatic carbocycles. The molecule has 1 saturated carbocycles. The van der Waals surface area contributed by atoms with E-state index in [4.69, 9.17) is 5.73 Å². The molecule has 0 radical (unpaired) electrons. The average Bonchev–Trinajstić information content (AvgIpc) is 2.51. The van der Waals surface area contributed by atoms with E-state index < -0.39 is 0 Å². The van der Waals surface area contributed by atoms with Crippen LogP contribution >= 0.6 is 0 Å². The molecule has 3 N–H and O–H groups in total. The lowest BCUT2D eigenvalue weighted by molar-refractivity contribution is -0.0204. The number of aliphatic hydroxyl groups excluding tert-OH is 1. The van der Waals surface area contributed by atoms with Crippen LogP contribution in [-0.4, -0.2) is 42.3 Å². The lowest BCUT2D eigenvalue weighted by atomic mass is 9.85. The molecular weight excluding hydrogens is 164 g/mol. The first-order valence-electron chi connectivity index (χ1n) is 5.35. The van der Waals surface area contributed by atoms with Crippen molar-refractivity contribution >= 4 is 0 Å². The Kier molecular flexibility index (Phi) is 2.58. The molecule has 3 heteroatoms. The van der Waals surface area contributed by atoms with E-state index >= 15 is 0 Å². The van der Waals surface area contributed by atoms with Crippen molar-refractivity contribution in [2.75, 3.05) is 26.2 Å². The Morgan fingerprint density at radius 1 is 1.31 bits per heavy atom. The number of nitrogens with zero attached hydrogens (tertiary/aromatic N) is 1. The average molecular weight is 184 g/mol. The quantitative estimate of drug-likeness (QED) is 0.658. The van der Waals surface area contributed by atoms with Crippen molar-refractivity contribution in [3.63, 3.8) is 0 Å². The molecule has 2 rings (SSSR count). The highest BCUT2D eigenvalue weighted by Gasteiger charge is 2.37. The van der Waals surface area contributed by atoms with Crippen LogP contribution in [0.15, 0.2) is 0 Å². The van der Waals surface area contributed by atoms with Gasteiger partial charge in [-0.1, -0.05) is 12.8 Å². The summed E-state index contributed by atoms with van der Waals surface area (Å²) in [6.07, 6.45) is 5.18. The van der Waals surface area contributed by atoms with Gasteiger partial charge in [-0.25, -0.2) is 0 Å². The number of aliphatic hydroxyl groups is 1. The van der Waals surface area contributed by atoms with Crippen LogP contribution in [0.2, 0.25) is 0 Å². The first kappa shape index (κ1) is 9.44. The molecule has 13 heavy (non-hydrogen) atoms. The van der Waals surface area contributed by atoms with Gasteiger partial charge >= 0.3 is 0 Å². The molecule has 1 aliphatic heterocycles. The van der Waals surface area contributed by atoms with Gasteiger partial charge in [-0.3, -0.25) is 4.90 Å². The summed E-state index contributed by atoms with van der Waals surface area (Å²) in [7, 11) is 0. The molecule has 2 aliphatic rings. The molecule has 0 spiro atoms. The summed E-state index contributed by atoms with van der Waals surface area (Å²) >= 11 is 0. The molecule has 1 aliphatic carbocycles. The summed E-state index contributed by atoms with van der Waals surface area (Å²) in [6, 6.07) is 0. The van der Waals surface area contributed by atoms with Crippen LogP contribution in [-0.2, 0) is 0 Å². The van der Waals surface area contributed by atoms with Gasteiger partial charge < -0.3 is 10.8 Å². The summed E-state index contributed by atoms with van der Waals surface area (Å²) in [5, 5.41) is 9.18. The molecule has 76 valence electrons. The lowest BCUT2D eigenvalue weighted by Crippen LogP contribution is -2.55. The third kappa shape index (κ3) is 1.87. The third-order valence-electron chi connectivity index (χ3n) is 3.59. The highest BCUT2D eigenvalue weighted by Crippen LogP contribution is 2.38. The predicted octanol–water partition coefficient (Wildman–Crippen LogP) is 0.182. The molecule has 1 heterocycles. The van der Waals surface area contributed by atoms with Crippen molar-refractivity contribution in [2.24, 2.45) is 11.1 Å². The number of β-amino-alcohol motifs (C(OH)–C–C–N with tert-alkyl or cyclic N) is 1. The van der Waals surface area contributed by atoms with Gasteiger partial charge in [0.05, 0.1) is 6.10 Å². The SMILES string of the molecule is NCC1(CN2CC(O)C2)CCCC1. The fourth-order valence-electron chi connectivity index (χ4n) is 2.70. The largest absolute Gasteiger partial charge is 0.390 e. The minimum atomic E-state index is -0.0729. The number of rotatable bonds is 3. The van der Waals surface area contributed by atoms with E-state index in [0.29, 0.717) is 5.41 Å². The van der Waals surface area contributed by atoms with E-state index in [0.717, 1.165) is 26.2 Å². The number of nitrogens with two attached hydrogens (primary N) is 1. The van der Waals surface area contributed by atoms with Crippen molar-refractivity contribution in [2.45, 2.75) is 31.8 Å². The van der Waals surface area contributed by atoms with Gasteiger partial charge in [-0.2, -0.15) is 0 Å². The first-order chi connectivity index (χ1) is 6.24. The van der Waals surface area contributed by atoms with E-state index in [-0.39, 0.29) is 6.10 Å². The molecule has 2 fully saturated rings. The van der Waals surface area contributed by atoms with E-state index in [1.165, 1.54) is 25.7 Å². The van der Waals surface area contributed by atoms with Crippen LogP contribution in [0.3, 0.4) is 0 Å². The summed E-state index contributed by atoms with van der Waals surface area (Å²) < 4.78 is 0. The Hall–Kier alpha value is -0.120. The fourth-order valence-corrected chi connectivity index (χ4v) is 2.70. The van der Waals surface area contributed by atoms with Crippen LogP contribution in [0.1, 0.15) is 25.7 Å². The summed E-state index contributed by atoms with van der Waals surface area (Å²) in [4.78, 5) is 2.34. The van der Waals surface area contributed by atoms with Gasteiger partial charge in [0.25, 0.3) is 0 Å². The highest BCUT2D eigenvalue weighted by molar-refractivity contribution is 4.91. The standard InChI is InChI=1S/C10H20N2O/c11-7-10(3-1-2-4-10)8-12-5-9(13)6-12/h9,13H,1-8,11H2. The molecule has 0 atom stereocenters. The molecule has 0 unspecified atom stereocenters. The van der Waals surface area contributed by atoms with Crippen molar-refractivity contribution in [1.29, 1.82) is 0 Å². The molecule has 0 aromatic heterocycles. The second-order valence-electron chi connectivity index (χ2n) is 4.76. The van der Waals surface area contributed by atoms with E-state index in [2.05, 4.69) is 4.90 Å². The molecule has 0 aromatic rings. The van der Waals surface area contributed by atoms with Crippen molar-refractivity contribution < 1.29 is 5.11 Å². The smallest absolute Gasteiger partial charge is 0.0793 e. The zero-order chi connectivity index (χ0) is 9.31. The Morgan fingerprint density at radius 2 is 1.92 bits per heavy atom. The van der Waals surface area contributed by atoms with E-state index in [1.807, 2.05) is 0 Å². The van der Waals surface area contributed by atoms with Crippen LogP contribution in [0.4, 0.5) is 0 Å². The Morgan fingerprint density at radius 3 is 2.38 bits per heavy atom. The minimum absolute atomic E-state index is 0.0729. The summed E-state index contributed by atoms with van der Waals surface area (Å²) in [5.74, 6) is 0. The maximum Gasteiger partial charge on any atom is 0.0793 e.